The van der Waals surface area contributed by atoms with E-state index in [2.05, 4.69) is 0 Å². The van der Waals surface area contributed by atoms with Gasteiger partial charge in [-0.2, -0.15) is 57.1 Å². The number of hydrogen-bond acceptors (Lipinski definition) is 0. The summed E-state index contributed by atoms with van der Waals surface area (Å²) in [5.74, 6) is -14.6. The van der Waals surface area contributed by atoms with Gasteiger partial charge in [0.15, 0.2) is 0 Å². The zero-order chi connectivity index (χ0) is 17.5. The standard InChI is InChI=1S/C7F14/c8-2(7(19,20)21)1(5(13,14)15,6(16,17)18)3(9,10)4(2,11)12. The predicted octanol–water partition coefficient (Wildman–Crippen LogP) is 4.65. The van der Waals surface area contributed by atoms with Gasteiger partial charge in [-0.3, -0.25) is 0 Å². The van der Waals surface area contributed by atoms with Crippen LogP contribution in [0.2, 0.25) is 0 Å². The van der Waals surface area contributed by atoms with Crippen LogP contribution in [0.25, 0.3) is 0 Å². The Morgan fingerprint density at radius 1 is 0.429 bits per heavy atom. The molecule has 0 aliphatic heterocycles. The fourth-order valence-electron chi connectivity index (χ4n) is 2.14. The summed E-state index contributed by atoms with van der Waals surface area (Å²) in [4.78, 5) is 0. The Hall–Kier alpha value is -0.980. The van der Waals surface area contributed by atoms with Gasteiger partial charge in [0.2, 0.25) is 0 Å². The largest absolute Gasteiger partial charge is 0.430 e. The van der Waals surface area contributed by atoms with E-state index in [1.165, 1.54) is 0 Å². The average Bonchev–Trinajstić information content (AvgIpc) is 2.09. The quantitative estimate of drug-likeness (QED) is 0.558. The molecule has 1 saturated carbocycles. The summed E-state index contributed by atoms with van der Waals surface area (Å²) < 4.78 is 174. The van der Waals surface area contributed by atoms with Crippen LogP contribution >= 0.6 is 0 Å². The molecule has 0 amide bonds. The van der Waals surface area contributed by atoms with Gasteiger partial charge < -0.3 is 0 Å². The molecular formula is C7F14. The molecule has 1 aliphatic carbocycles. The highest BCUT2D eigenvalue weighted by Gasteiger charge is 3.14. The van der Waals surface area contributed by atoms with Crippen LogP contribution in [0.4, 0.5) is 61.5 Å². The Balaban J connectivity index is 3.94. The van der Waals surface area contributed by atoms with E-state index in [1.807, 2.05) is 0 Å². The fourth-order valence-corrected chi connectivity index (χ4v) is 2.14. The Bertz CT molecular complexity index is 420. The maximum absolute atomic E-state index is 13.2. The second-order valence-corrected chi connectivity index (χ2v) is 4.05. The first-order valence-electron chi connectivity index (χ1n) is 4.40. The SMILES string of the molecule is FC(F)(F)C1(F)C(F)(F)C(F)(F)C1(C(F)(F)F)C(F)(F)F. The van der Waals surface area contributed by atoms with Crippen LogP contribution in [-0.4, -0.2) is 36.0 Å². The third kappa shape index (κ3) is 1.43. The normalized spacial score (nSPS) is 31.7. The van der Waals surface area contributed by atoms with Gasteiger partial charge in [0.25, 0.3) is 5.41 Å². The molecule has 0 radical (unpaired) electrons. The molecule has 21 heavy (non-hydrogen) atoms. The van der Waals surface area contributed by atoms with Crippen molar-refractivity contribution in [3.8, 4) is 0 Å². The summed E-state index contributed by atoms with van der Waals surface area (Å²) in [7, 11) is 0. The molecule has 0 saturated heterocycles. The summed E-state index contributed by atoms with van der Waals surface area (Å²) in [6.07, 6.45) is -23.0. The number of halogens is 14. The number of alkyl halides is 14. The lowest BCUT2D eigenvalue weighted by molar-refractivity contribution is -0.581. The molecular weight excluding hydrogens is 350 g/mol. The molecule has 0 aromatic carbocycles. The van der Waals surface area contributed by atoms with E-state index in [0.717, 1.165) is 0 Å². The maximum Gasteiger partial charge on any atom is 0.430 e. The van der Waals surface area contributed by atoms with Gasteiger partial charge in [-0.05, 0) is 0 Å². The molecule has 0 bridgehead atoms. The molecule has 14 heteroatoms. The third-order valence-electron chi connectivity index (χ3n) is 3.06. The van der Waals surface area contributed by atoms with Crippen LogP contribution in [0.3, 0.4) is 0 Å². The van der Waals surface area contributed by atoms with E-state index < -0.39 is 41.5 Å². The summed E-state index contributed by atoms with van der Waals surface area (Å²) in [5.41, 5.74) is -15.2. The van der Waals surface area contributed by atoms with Gasteiger partial charge in [0, 0.05) is 0 Å². The Morgan fingerprint density at radius 2 is 0.714 bits per heavy atom. The zero-order valence-electron chi connectivity index (χ0n) is 8.79. The third-order valence-corrected chi connectivity index (χ3v) is 3.06. The van der Waals surface area contributed by atoms with Gasteiger partial charge in [-0.15, -0.1) is 0 Å². The van der Waals surface area contributed by atoms with Crippen molar-refractivity contribution in [1.29, 1.82) is 0 Å². The minimum Gasteiger partial charge on any atom is -0.225 e. The van der Waals surface area contributed by atoms with Crippen LogP contribution < -0.4 is 0 Å². The summed E-state index contributed by atoms with van der Waals surface area (Å²) in [6.45, 7) is 0. The van der Waals surface area contributed by atoms with Crippen LogP contribution in [0.15, 0.2) is 0 Å². The van der Waals surface area contributed by atoms with Crippen molar-refractivity contribution >= 4 is 0 Å². The van der Waals surface area contributed by atoms with Crippen molar-refractivity contribution in [3.05, 3.63) is 0 Å². The Labute approximate surface area is 104 Å². The molecule has 0 heterocycles. The first-order chi connectivity index (χ1) is 8.75. The van der Waals surface area contributed by atoms with Crippen LogP contribution in [0.1, 0.15) is 0 Å². The summed E-state index contributed by atoms with van der Waals surface area (Å²) in [5, 5.41) is 0. The van der Waals surface area contributed by atoms with E-state index >= 15 is 0 Å². The monoisotopic (exact) mass is 350 g/mol. The van der Waals surface area contributed by atoms with Crippen LogP contribution in [0, 0.1) is 5.41 Å². The van der Waals surface area contributed by atoms with Gasteiger partial charge in [0.1, 0.15) is 0 Å². The Kier molecular flexibility index (Phi) is 3.16. The molecule has 1 aliphatic rings. The van der Waals surface area contributed by atoms with Crippen molar-refractivity contribution in [2.75, 3.05) is 0 Å². The second-order valence-electron chi connectivity index (χ2n) is 4.05. The fraction of sp³-hybridized carbons (Fsp3) is 1.00. The minimum absolute atomic E-state index is 7.26. The van der Waals surface area contributed by atoms with E-state index in [9.17, 15) is 61.5 Å². The minimum atomic E-state index is -7.69. The highest BCUT2D eigenvalue weighted by molar-refractivity contribution is 5.36. The molecule has 1 atom stereocenters. The van der Waals surface area contributed by atoms with E-state index in [4.69, 9.17) is 0 Å². The number of rotatable bonds is 0. The van der Waals surface area contributed by atoms with Crippen molar-refractivity contribution in [2.24, 2.45) is 5.41 Å². The smallest absolute Gasteiger partial charge is 0.225 e. The highest BCUT2D eigenvalue weighted by Crippen LogP contribution is 2.83. The average molecular weight is 350 g/mol. The van der Waals surface area contributed by atoms with Crippen molar-refractivity contribution in [2.45, 2.75) is 36.0 Å². The molecule has 0 N–H and O–H groups in total. The first-order valence-corrected chi connectivity index (χ1v) is 4.40. The van der Waals surface area contributed by atoms with E-state index in [0.29, 0.717) is 0 Å². The van der Waals surface area contributed by atoms with Crippen molar-refractivity contribution < 1.29 is 61.5 Å². The van der Waals surface area contributed by atoms with E-state index in [-0.39, 0.29) is 0 Å². The lowest BCUT2D eigenvalue weighted by Crippen LogP contribution is -2.94. The molecule has 1 unspecified atom stereocenters. The second kappa shape index (κ2) is 3.67. The van der Waals surface area contributed by atoms with Crippen LogP contribution in [0.5, 0.6) is 0 Å². The molecule has 0 nitrogen and oxygen atoms in total. The molecule has 126 valence electrons. The first kappa shape index (κ1) is 18.1. The topological polar surface area (TPSA) is 0 Å². The van der Waals surface area contributed by atoms with Gasteiger partial charge in [0.05, 0.1) is 0 Å². The molecule has 0 aromatic heterocycles. The zero-order valence-corrected chi connectivity index (χ0v) is 8.79. The lowest BCUT2D eigenvalue weighted by Gasteiger charge is -2.62. The molecule has 1 fully saturated rings. The molecule has 0 aromatic rings. The van der Waals surface area contributed by atoms with Crippen molar-refractivity contribution in [3.63, 3.8) is 0 Å². The highest BCUT2D eigenvalue weighted by atomic mass is 19.4. The predicted molar refractivity (Wildman–Crippen MR) is 34.3 cm³/mol. The number of hydrogen-bond donors (Lipinski definition) is 0. The lowest BCUT2D eigenvalue weighted by atomic mass is 9.50. The van der Waals surface area contributed by atoms with Gasteiger partial charge >= 0.3 is 36.0 Å². The van der Waals surface area contributed by atoms with Crippen LogP contribution in [-0.2, 0) is 0 Å². The summed E-state index contributed by atoms with van der Waals surface area (Å²) in [6, 6.07) is 0. The summed E-state index contributed by atoms with van der Waals surface area (Å²) >= 11 is 0. The van der Waals surface area contributed by atoms with Crippen molar-refractivity contribution in [1.82, 2.24) is 0 Å². The Morgan fingerprint density at radius 3 is 0.857 bits per heavy atom. The van der Waals surface area contributed by atoms with E-state index in [1.54, 1.807) is 0 Å². The molecule has 0 spiro atoms. The van der Waals surface area contributed by atoms with Gasteiger partial charge in [-0.1, -0.05) is 0 Å². The maximum atomic E-state index is 13.2. The van der Waals surface area contributed by atoms with Gasteiger partial charge in [-0.25, -0.2) is 4.39 Å². The molecule has 1 rings (SSSR count).